The summed E-state index contributed by atoms with van der Waals surface area (Å²) in [6.07, 6.45) is 6.36. The summed E-state index contributed by atoms with van der Waals surface area (Å²) >= 11 is 0. The minimum Gasteiger partial charge on any atom is -0.390 e. The molecule has 1 atom stereocenters. The summed E-state index contributed by atoms with van der Waals surface area (Å²) in [5.74, 6) is 0.208. The fourth-order valence-electron chi connectivity index (χ4n) is 2.83. The first-order valence-electron chi connectivity index (χ1n) is 6.94. The predicted molar refractivity (Wildman–Crippen MR) is 66.7 cm³/mol. The number of aliphatic hydroxyl groups excluding tert-OH is 1. The molecule has 0 saturated carbocycles. The zero-order chi connectivity index (χ0) is 12.1. The van der Waals surface area contributed by atoms with Crippen molar-refractivity contribution in [1.82, 2.24) is 9.80 Å². The van der Waals surface area contributed by atoms with Gasteiger partial charge in [0.25, 0.3) is 0 Å². The van der Waals surface area contributed by atoms with Crippen molar-refractivity contribution in [2.75, 3.05) is 32.7 Å². The fraction of sp³-hybridized carbons (Fsp3) is 0.923. The first-order chi connectivity index (χ1) is 8.25. The van der Waals surface area contributed by atoms with Crippen LogP contribution in [0.2, 0.25) is 0 Å². The molecule has 4 nitrogen and oxygen atoms in total. The van der Waals surface area contributed by atoms with E-state index in [2.05, 4.69) is 4.90 Å². The number of β-amino-alcohol motifs (C(OH)–C–C–N with tert-alkyl or cyclic N) is 1. The highest BCUT2D eigenvalue weighted by Crippen LogP contribution is 2.12. The second-order valence-corrected chi connectivity index (χ2v) is 5.31. The average molecular weight is 240 g/mol. The normalized spacial score (nSPS) is 25.0. The van der Waals surface area contributed by atoms with Gasteiger partial charge in [0.2, 0.25) is 5.91 Å². The summed E-state index contributed by atoms with van der Waals surface area (Å²) in [5, 5.41) is 10.0. The molecule has 2 rings (SSSR count). The second kappa shape index (κ2) is 6.36. The minimum atomic E-state index is -0.379. The molecule has 17 heavy (non-hydrogen) atoms. The molecule has 1 amide bonds. The van der Waals surface area contributed by atoms with Crippen LogP contribution >= 0.6 is 0 Å². The van der Waals surface area contributed by atoms with Gasteiger partial charge in [0.15, 0.2) is 0 Å². The van der Waals surface area contributed by atoms with E-state index in [1.807, 2.05) is 4.90 Å². The summed E-state index contributed by atoms with van der Waals surface area (Å²) < 4.78 is 0. The number of aliphatic hydroxyl groups is 1. The van der Waals surface area contributed by atoms with Gasteiger partial charge >= 0.3 is 0 Å². The average Bonchev–Trinajstić information content (AvgIpc) is 2.55. The molecule has 0 spiro atoms. The SMILES string of the molecule is O=C1CCCN1CC(O)CN1CCCCCC1. The Morgan fingerprint density at radius 2 is 1.71 bits per heavy atom. The highest BCUT2D eigenvalue weighted by Gasteiger charge is 2.23. The Kier molecular flexibility index (Phi) is 4.80. The highest BCUT2D eigenvalue weighted by atomic mass is 16.3. The number of carbonyl (C=O) groups excluding carboxylic acids is 1. The molecular formula is C13H24N2O2. The number of hydrogen-bond acceptors (Lipinski definition) is 3. The van der Waals surface area contributed by atoms with Crippen molar-refractivity contribution in [1.29, 1.82) is 0 Å². The van der Waals surface area contributed by atoms with Gasteiger partial charge in [-0.15, -0.1) is 0 Å². The first-order valence-corrected chi connectivity index (χ1v) is 6.94. The van der Waals surface area contributed by atoms with Gasteiger partial charge in [-0.25, -0.2) is 0 Å². The molecule has 2 aliphatic heterocycles. The Morgan fingerprint density at radius 3 is 2.29 bits per heavy atom. The number of likely N-dealkylation sites (tertiary alicyclic amines) is 2. The lowest BCUT2D eigenvalue weighted by Gasteiger charge is -2.26. The van der Waals surface area contributed by atoms with Crippen LogP contribution in [0.4, 0.5) is 0 Å². The molecule has 1 N–H and O–H groups in total. The van der Waals surface area contributed by atoms with E-state index in [1.165, 1.54) is 25.7 Å². The van der Waals surface area contributed by atoms with Gasteiger partial charge in [-0.3, -0.25) is 4.79 Å². The van der Waals surface area contributed by atoms with Crippen molar-refractivity contribution in [2.45, 2.75) is 44.6 Å². The van der Waals surface area contributed by atoms with Gasteiger partial charge < -0.3 is 14.9 Å². The zero-order valence-electron chi connectivity index (χ0n) is 10.6. The van der Waals surface area contributed by atoms with Crippen LogP contribution in [0.25, 0.3) is 0 Å². The van der Waals surface area contributed by atoms with E-state index in [4.69, 9.17) is 0 Å². The Hall–Kier alpha value is -0.610. The third kappa shape index (κ3) is 3.96. The number of nitrogens with zero attached hydrogens (tertiary/aromatic N) is 2. The molecular weight excluding hydrogens is 216 g/mol. The summed E-state index contributed by atoms with van der Waals surface area (Å²) in [4.78, 5) is 15.6. The van der Waals surface area contributed by atoms with Crippen LogP contribution in [-0.2, 0) is 4.79 Å². The monoisotopic (exact) mass is 240 g/mol. The lowest BCUT2D eigenvalue weighted by atomic mass is 10.2. The maximum absolute atomic E-state index is 11.5. The van der Waals surface area contributed by atoms with Gasteiger partial charge in [-0.1, -0.05) is 12.8 Å². The lowest BCUT2D eigenvalue weighted by molar-refractivity contribution is -0.129. The van der Waals surface area contributed by atoms with Crippen LogP contribution in [-0.4, -0.2) is 59.6 Å². The molecule has 0 aliphatic carbocycles. The van der Waals surface area contributed by atoms with Crippen molar-refractivity contribution >= 4 is 5.91 Å². The predicted octanol–water partition coefficient (Wildman–Crippen LogP) is 0.846. The zero-order valence-corrected chi connectivity index (χ0v) is 10.6. The van der Waals surface area contributed by atoms with Crippen molar-refractivity contribution in [3.8, 4) is 0 Å². The number of amides is 1. The Labute approximate surface area is 104 Å². The van der Waals surface area contributed by atoms with Crippen LogP contribution in [0.15, 0.2) is 0 Å². The van der Waals surface area contributed by atoms with Gasteiger partial charge in [0, 0.05) is 26.1 Å². The molecule has 2 fully saturated rings. The molecule has 4 heteroatoms. The topological polar surface area (TPSA) is 43.8 Å². The van der Waals surface area contributed by atoms with Crippen molar-refractivity contribution < 1.29 is 9.90 Å². The molecule has 0 radical (unpaired) electrons. The van der Waals surface area contributed by atoms with Crippen LogP contribution in [0.3, 0.4) is 0 Å². The molecule has 0 aromatic carbocycles. The second-order valence-electron chi connectivity index (χ2n) is 5.31. The molecule has 2 saturated heterocycles. The smallest absolute Gasteiger partial charge is 0.222 e. The number of carbonyl (C=O) groups is 1. The maximum Gasteiger partial charge on any atom is 0.222 e. The maximum atomic E-state index is 11.5. The Balaban J connectivity index is 1.72. The number of hydrogen-bond donors (Lipinski definition) is 1. The van der Waals surface area contributed by atoms with Crippen LogP contribution in [0.5, 0.6) is 0 Å². The highest BCUT2D eigenvalue weighted by molar-refractivity contribution is 5.78. The molecule has 0 aromatic rings. The number of rotatable bonds is 4. The van der Waals surface area contributed by atoms with E-state index < -0.39 is 0 Å². The van der Waals surface area contributed by atoms with Crippen molar-refractivity contribution in [3.63, 3.8) is 0 Å². The van der Waals surface area contributed by atoms with E-state index in [0.717, 1.165) is 32.6 Å². The van der Waals surface area contributed by atoms with E-state index in [9.17, 15) is 9.90 Å². The van der Waals surface area contributed by atoms with Crippen molar-refractivity contribution in [2.24, 2.45) is 0 Å². The molecule has 1 unspecified atom stereocenters. The standard InChI is InChI=1S/C13H24N2O2/c16-12(11-15-9-5-6-13(15)17)10-14-7-3-1-2-4-8-14/h12,16H,1-11H2. The van der Waals surface area contributed by atoms with Crippen molar-refractivity contribution in [3.05, 3.63) is 0 Å². The Morgan fingerprint density at radius 1 is 1.00 bits per heavy atom. The van der Waals surface area contributed by atoms with Gasteiger partial charge in [-0.05, 0) is 32.4 Å². The molecule has 98 valence electrons. The Bertz CT molecular complexity index is 250. The largest absolute Gasteiger partial charge is 0.390 e. The molecule has 2 heterocycles. The molecule has 0 bridgehead atoms. The quantitative estimate of drug-likeness (QED) is 0.792. The summed E-state index contributed by atoms with van der Waals surface area (Å²) in [6.45, 7) is 4.28. The van der Waals surface area contributed by atoms with E-state index in [1.54, 1.807) is 0 Å². The first kappa shape index (κ1) is 12.8. The van der Waals surface area contributed by atoms with Gasteiger partial charge in [0.1, 0.15) is 0 Å². The van der Waals surface area contributed by atoms with Crippen LogP contribution < -0.4 is 0 Å². The molecule has 2 aliphatic rings. The fourth-order valence-corrected chi connectivity index (χ4v) is 2.83. The third-order valence-electron chi connectivity index (χ3n) is 3.77. The summed E-state index contributed by atoms with van der Waals surface area (Å²) in [5.41, 5.74) is 0. The third-order valence-corrected chi connectivity index (χ3v) is 3.77. The van der Waals surface area contributed by atoms with Crippen LogP contribution in [0.1, 0.15) is 38.5 Å². The van der Waals surface area contributed by atoms with E-state index >= 15 is 0 Å². The summed E-state index contributed by atoms with van der Waals surface area (Å²) in [7, 11) is 0. The summed E-state index contributed by atoms with van der Waals surface area (Å²) in [6, 6.07) is 0. The van der Waals surface area contributed by atoms with E-state index in [-0.39, 0.29) is 12.0 Å². The molecule has 0 aromatic heterocycles. The van der Waals surface area contributed by atoms with E-state index in [0.29, 0.717) is 13.0 Å². The minimum absolute atomic E-state index is 0.208. The van der Waals surface area contributed by atoms with Gasteiger partial charge in [-0.2, -0.15) is 0 Å². The van der Waals surface area contributed by atoms with Gasteiger partial charge in [0.05, 0.1) is 6.10 Å². The lowest BCUT2D eigenvalue weighted by Crippen LogP contribution is -2.41. The van der Waals surface area contributed by atoms with Crippen LogP contribution in [0, 0.1) is 0 Å².